The van der Waals surface area contributed by atoms with Crippen LogP contribution in [-0.2, 0) is 0 Å². The van der Waals surface area contributed by atoms with Gasteiger partial charge < -0.3 is 4.90 Å². The zero-order valence-corrected chi connectivity index (χ0v) is 35.8. The first kappa shape index (κ1) is 38.8. The van der Waals surface area contributed by atoms with Gasteiger partial charge in [0.1, 0.15) is 17.5 Å². The van der Waals surface area contributed by atoms with Crippen LogP contribution in [0.15, 0.2) is 242 Å². The lowest BCUT2D eigenvalue weighted by molar-refractivity contribution is 0.396. The standard InChI is InChI=1S/C59H41N7/c1-5-17-40(18-6-1)48-37-49(41-19-7-2-8-20-41)39-50(38-48)59-63-57(46-31-27-44(28-32-46)55-53(42-21-9-3-10-22-42)60-51-25-13-15-35-65(51)55)62-58(64-59)47-33-29-45(30-34-47)56-54(43-23-11-4-12-24-43)61-52-26-14-16-36-66(52)56/h1-39,53,55H. The van der Waals surface area contributed by atoms with E-state index < -0.39 is 0 Å². The Hall–Kier alpha value is -8.81. The molecule has 2 atom stereocenters. The highest BCUT2D eigenvalue weighted by atomic mass is 15.3. The van der Waals surface area contributed by atoms with Crippen LogP contribution in [0.4, 0.5) is 0 Å². The predicted octanol–water partition coefficient (Wildman–Crippen LogP) is 13.8. The third-order valence-electron chi connectivity index (χ3n) is 12.4. The molecule has 0 amide bonds. The first-order chi connectivity index (χ1) is 32.7. The van der Waals surface area contributed by atoms with Crippen molar-refractivity contribution < 1.29 is 0 Å². The summed E-state index contributed by atoms with van der Waals surface area (Å²) in [6.45, 7) is 0. The maximum Gasteiger partial charge on any atom is 0.164 e. The lowest BCUT2D eigenvalue weighted by Gasteiger charge is -2.28. The van der Waals surface area contributed by atoms with Gasteiger partial charge in [0.2, 0.25) is 0 Å². The summed E-state index contributed by atoms with van der Waals surface area (Å²) in [5.74, 6) is 2.73. The van der Waals surface area contributed by atoms with E-state index in [4.69, 9.17) is 24.9 Å². The van der Waals surface area contributed by atoms with E-state index in [1.807, 2.05) is 42.5 Å². The second-order valence-electron chi connectivity index (χ2n) is 16.5. The maximum absolute atomic E-state index is 5.27. The molecule has 3 aromatic heterocycles. The third kappa shape index (κ3) is 7.28. The van der Waals surface area contributed by atoms with Gasteiger partial charge in [-0.2, -0.15) is 0 Å². The first-order valence-corrected chi connectivity index (χ1v) is 22.2. The van der Waals surface area contributed by atoms with E-state index in [2.05, 4.69) is 204 Å². The summed E-state index contributed by atoms with van der Waals surface area (Å²) in [5, 5.41) is 0. The Morgan fingerprint density at radius 3 is 1.52 bits per heavy atom. The van der Waals surface area contributed by atoms with E-state index in [0.717, 1.165) is 78.5 Å². The van der Waals surface area contributed by atoms with Gasteiger partial charge in [-0.1, -0.05) is 182 Å². The molecule has 7 nitrogen and oxygen atoms in total. The zero-order valence-electron chi connectivity index (χ0n) is 35.8. The summed E-state index contributed by atoms with van der Waals surface area (Å²) in [5.41, 5.74) is 14.4. The molecule has 0 saturated heterocycles. The van der Waals surface area contributed by atoms with Crippen LogP contribution in [0.5, 0.6) is 0 Å². The molecule has 0 N–H and O–H groups in total. The van der Waals surface area contributed by atoms with Crippen LogP contribution in [0, 0.1) is 0 Å². The van der Waals surface area contributed by atoms with Gasteiger partial charge in [0.15, 0.2) is 17.5 Å². The van der Waals surface area contributed by atoms with Crippen molar-refractivity contribution in [1.29, 1.82) is 0 Å². The van der Waals surface area contributed by atoms with Gasteiger partial charge in [-0.3, -0.25) is 9.39 Å². The molecule has 7 aromatic carbocycles. The molecular formula is C59H41N7. The summed E-state index contributed by atoms with van der Waals surface area (Å²) in [6.07, 6.45) is 10.4. The minimum Gasteiger partial charge on any atom is -0.323 e. The van der Waals surface area contributed by atoms with Gasteiger partial charge in [-0.25, -0.2) is 19.9 Å². The largest absolute Gasteiger partial charge is 0.323 e. The number of benzene rings is 7. The minimum atomic E-state index is -0.0576. The maximum atomic E-state index is 5.27. The highest BCUT2D eigenvalue weighted by Crippen LogP contribution is 2.44. The Morgan fingerprint density at radius 2 is 0.894 bits per heavy atom. The van der Waals surface area contributed by atoms with Crippen molar-refractivity contribution in [3.05, 3.63) is 248 Å². The molecule has 0 radical (unpaired) electrons. The Kier molecular flexibility index (Phi) is 9.83. The van der Waals surface area contributed by atoms with Gasteiger partial charge in [0.25, 0.3) is 0 Å². The third-order valence-corrected chi connectivity index (χ3v) is 12.4. The van der Waals surface area contributed by atoms with Gasteiger partial charge in [0.05, 0.1) is 17.4 Å². The Bertz CT molecular complexity index is 3390. The van der Waals surface area contributed by atoms with Crippen molar-refractivity contribution in [2.24, 2.45) is 4.99 Å². The second-order valence-corrected chi connectivity index (χ2v) is 16.5. The normalized spacial score (nSPS) is 15.2. The van der Waals surface area contributed by atoms with Crippen LogP contribution >= 0.6 is 0 Å². The van der Waals surface area contributed by atoms with Crippen molar-refractivity contribution in [2.45, 2.75) is 12.1 Å². The van der Waals surface area contributed by atoms with Gasteiger partial charge in [-0.05, 0) is 75.9 Å². The van der Waals surface area contributed by atoms with Gasteiger partial charge in [-0.15, -0.1) is 0 Å². The van der Waals surface area contributed by atoms with Crippen LogP contribution in [0.25, 0.3) is 84.6 Å². The molecule has 66 heavy (non-hydrogen) atoms. The van der Waals surface area contributed by atoms with Crippen LogP contribution < -0.4 is 0 Å². The summed E-state index contributed by atoms with van der Waals surface area (Å²) in [4.78, 5) is 28.3. The zero-order chi connectivity index (χ0) is 43.8. The smallest absolute Gasteiger partial charge is 0.164 e. The number of aliphatic imine (C=N–C) groups is 1. The summed E-state index contributed by atoms with van der Waals surface area (Å²) >= 11 is 0. The van der Waals surface area contributed by atoms with E-state index in [9.17, 15) is 0 Å². The van der Waals surface area contributed by atoms with Crippen molar-refractivity contribution in [3.63, 3.8) is 0 Å². The molecule has 0 saturated carbocycles. The lowest BCUT2D eigenvalue weighted by Crippen LogP contribution is -2.26. The summed E-state index contributed by atoms with van der Waals surface area (Å²) < 4.78 is 2.16. The Labute approximate surface area is 383 Å². The molecule has 0 fully saturated rings. The number of hydrogen-bond donors (Lipinski definition) is 0. The average Bonchev–Trinajstić information content (AvgIpc) is 3.99. The molecule has 2 aliphatic rings. The number of imidazole rings is 1. The fraction of sp³-hybridized carbons (Fsp3) is 0.0339. The molecule has 0 aliphatic carbocycles. The monoisotopic (exact) mass is 847 g/mol. The molecule has 312 valence electrons. The van der Waals surface area contributed by atoms with E-state index in [1.54, 1.807) is 0 Å². The molecule has 0 spiro atoms. The minimum absolute atomic E-state index is 0.00639. The fourth-order valence-electron chi connectivity index (χ4n) is 9.20. The van der Waals surface area contributed by atoms with Crippen molar-refractivity contribution in [3.8, 4) is 78.9 Å². The Morgan fingerprint density at radius 1 is 0.379 bits per heavy atom. The second kappa shape index (κ2) is 16.7. The molecule has 0 bridgehead atoms. The molecule has 2 aliphatic heterocycles. The van der Waals surface area contributed by atoms with Crippen LogP contribution in [0.1, 0.15) is 23.2 Å². The quantitative estimate of drug-likeness (QED) is 0.145. The number of hydrogen-bond acceptors (Lipinski definition) is 6. The van der Waals surface area contributed by atoms with Crippen LogP contribution in [0.2, 0.25) is 0 Å². The van der Waals surface area contributed by atoms with Crippen LogP contribution in [0.3, 0.4) is 0 Å². The molecular weight excluding hydrogens is 807 g/mol. The lowest BCUT2D eigenvalue weighted by atomic mass is 9.93. The highest BCUT2D eigenvalue weighted by Gasteiger charge is 2.37. The van der Waals surface area contributed by atoms with Crippen molar-refractivity contribution in [1.82, 2.24) is 29.2 Å². The SMILES string of the molecule is C1=CC2=NC(c3ccccc3)C(c3ccc(-c4nc(-c5ccc(-c6c(-c7ccccc7)nc7ccccn67)cc5)nc(-c5cc(-c6ccccc6)cc(-c6ccccc6)c5)n4)cc3)N2C=C1. The van der Waals surface area contributed by atoms with E-state index in [-0.39, 0.29) is 12.1 Å². The number of amidine groups is 1. The summed E-state index contributed by atoms with van der Waals surface area (Å²) in [6, 6.07) is 71.7. The molecule has 2 unspecified atom stereocenters. The number of rotatable bonds is 9. The number of aromatic nitrogens is 5. The number of allylic oxidation sites excluding steroid dienone is 2. The van der Waals surface area contributed by atoms with Gasteiger partial charge >= 0.3 is 0 Å². The summed E-state index contributed by atoms with van der Waals surface area (Å²) in [7, 11) is 0. The predicted molar refractivity (Wildman–Crippen MR) is 266 cm³/mol. The van der Waals surface area contributed by atoms with E-state index >= 15 is 0 Å². The first-order valence-electron chi connectivity index (χ1n) is 22.2. The van der Waals surface area contributed by atoms with Crippen molar-refractivity contribution in [2.75, 3.05) is 0 Å². The molecule has 7 heteroatoms. The average molecular weight is 848 g/mol. The number of nitrogens with zero attached hydrogens (tertiary/aromatic N) is 7. The Balaban J connectivity index is 0.985. The number of pyridine rings is 1. The van der Waals surface area contributed by atoms with E-state index in [0.29, 0.717) is 17.5 Å². The van der Waals surface area contributed by atoms with E-state index in [1.165, 1.54) is 5.56 Å². The number of fused-ring (bicyclic) bond motifs is 2. The molecule has 12 rings (SSSR count). The topological polar surface area (TPSA) is 71.6 Å². The van der Waals surface area contributed by atoms with Crippen molar-refractivity contribution >= 4 is 11.5 Å². The van der Waals surface area contributed by atoms with Gasteiger partial charge in [0, 0.05) is 40.2 Å². The molecule has 10 aromatic rings. The fourth-order valence-corrected chi connectivity index (χ4v) is 9.20. The highest BCUT2D eigenvalue weighted by molar-refractivity contribution is 5.97. The molecule has 5 heterocycles. The van der Waals surface area contributed by atoms with Crippen LogP contribution in [-0.4, -0.2) is 35.1 Å².